The largest absolute Gasteiger partial charge is 0.506 e. The van der Waals surface area contributed by atoms with Gasteiger partial charge in [0.05, 0.1) is 5.02 Å². The molecule has 0 bridgehead atoms. The third kappa shape index (κ3) is 2.71. The summed E-state index contributed by atoms with van der Waals surface area (Å²) < 4.78 is 0. The van der Waals surface area contributed by atoms with E-state index in [0.29, 0.717) is 5.56 Å². The van der Waals surface area contributed by atoms with Crippen molar-refractivity contribution < 1.29 is 24.9 Å². The number of carbonyl (C=O) groups is 2. The number of phenols is 1. The highest BCUT2D eigenvalue weighted by Gasteiger charge is 2.40. The SMILES string of the molecule is O=C(c1ccc(O)c(Cl)c1)N1CCC(O)(C(=O)O)CC1. The normalized spacial score (nSPS) is 17.8. The van der Waals surface area contributed by atoms with Gasteiger partial charge in [-0.05, 0) is 18.2 Å². The molecule has 0 spiro atoms. The van der Waals surface area contributed by atoms with Crippen LogP contribution in [0.3, 0.4) is 0 Å². The molecule has 1 aromatic carbocycles. The van der Waals surface area contributed by atoms with E-state index in [1.807, 2.05) is 0 Å². The van der Waals surface area contributed by atoms with Crippen molar-refractivity contribution >= 4 is 23.5 Å². The van der Waals surface area contributed by atoms with Gasteiger partial charge in [-0.2, -0.15) is 0 Å². The molecule has 7 heteroatoms. The monoisotopic (exact) mass is 299 g/mol. The van der Waals surface area contributed by atoms with Crippen molar-refractivity contribution in [1.29, 1.82) is 0 Å². The van der Waals surface area contributed by atoms with Gasteiger partial charge in [0.2, 0.25) is 0 Å². The molecule has 6 nitrogen and oxygen atoms in total. The Kier molecular flexibility index (Phi) is 3.87. The minimum absolute atomic E-state index is 0.0140. The highest BCUT2D eigenvalue weighted by atomic mass is 35.5. The Bertz CT molecular complexity index is 552. The lowest BCUT2D eigenvalue weighted by Gasteiger charge is -2.35. The molecule has 0 radical (unpaired) electrons. The molecule has 1 aliphatic heterocycles. The Morgan fingerprint density at radius 2 is 1.85 bits per heavy atom. The first-order chi connectivity index (χ1) is 9.33. The summed E-state index contributed by atoms with van der Waals surface area (Å²) in [6.45, 7) is 0.306. The molecule has 1 amide bonds. The summed E-state index contributed by atoms with van der Waals surface area (Å²) in [5.74, 6) is -1.68. The van der Waals surface area contributed by atoms with Crippen molar-refractivity contribution in [2.75, 3.05) is 13.1 Å². The van der Waals surface area contributed by atoms with Crippen LogP contribution in [-0.4, -0.2) is 50.8 Å². The summed E-state index contributed by atoms with van der Waals surface area (Å²) in [6.07, 6.45) is -0.0280. The van der Waals surface area contributed by atoms with Gasteiger partial charge >= 0.3 is 5.97 Å². The van der Waals surface area contributed by atoms with E-state index in [1.54, 1.807) is 0 Å². The maximum atomic E-state index is 12.2. The Balaban J connectivity index is 2.08. The van der Waals surface area contributed by atoms with Gasteiger partial charge in [0.25, 0.3) is 5.91 Å². The molecular formula is C13H14ClNO5. The lowest BCUT2D eigenvalue weighted by atomic mass is 9.91. The summed E-state index contributed by atoms with van der Waals surface area (Å²) in [5.41, 5.74) is -1.45. The van der Waals surface area contributed by atoms with Crippen LogP contribution in [0.5, 0.6) is 5.75 Å². The maximum Gasteiger partial charge on any atom is 0.335 e. The van der Waals surface area contributed by atoms with E-state index in [2.05, 4.69) is 0 Å². The van der Waals surface area contributed by atoms with Crippen LogP contribution >= 0.6 is 11.6 Å². The Morgan fingerprint density at radius 1 is 1.25 bits per heavy atom. The van der Waals surface area contributed by atoms with Crippen LogP contribution in [-0.2, 0) is 4.79 Å². The summed E-state index contributed by atoms with van der Waals surface area (Å²) in [5, 5.41) is 28.1. The Morgan fingerprint density at radius 3 is 2.35 bits per heavy atom. The zero-order chi connectivity index (χ0) is 14.9. The topological polar surface area (TPSA) is 98.1 Å². The predicted octanol–water partition coefficient (Wildman–Crippen LogP) is 1.10. The second-order valence-electron chi connectivity index (χ2n) is 4.80. The number of carboxylic acid groups (broad SMARTS) is 1. The maximum absolute atomic E-state index is 12.2. The molecule has 1 heterocycles. The summed E-state index contributed by atoms with van der Waals surface area (Å²) in [6, 6.07) is 4.13. The minimum atomic E-state index is -1.76. The summed E-state index contributed by atoms with van der Waals surface area (Å²) >= 11 is 5.75. The van der Waals surface area contributed by atoms with Gasteiger partial charge in [-0.15, -0.1) is 0 Å². The van der Waals surface area contributed by atoms with Crippen molar-refractivity contribution in [3.63, 3.8) is 0 Å². The van der Waals surface area contributed by atoms with Gasteiger partial charge in [0, 0.05) is 31.5 Å². The fourth-order valence-corrected chi connectivity index (χ4v) is 2.30. The Labute approximate surface area is 120 Å². The number of carboxylic acids is 1. The third-order valence-electron chi connectivity index (χ3n) is 3.47. The van der Waals surface area contributed by atoms with Crippen LogP contribution in [0.4, 0.5) is 0 Å². The number of rotatable bonds is 2. The van der Waals surface area contributed by atoms with Crippen LogP contribution in [0.15, 0.2) is 18.2 Å². The van der Waals surface area contributed by atoms with Gasteiger partial charge < -0.3 is 20.2 Å². The predicted molar refractivity (Wildman–Crippen MR) is 70.8 cm³/mol. The van der Waals surface area contributed by atoms with E-state index in [0.717, 1.165) is 0 Å². The summed E-state index contributed by atoms with van der Waals surface area (Å²) in [4.78, 5) is 24.6. The number of piperidine rings is 1. The molecule has 1 aromatic rings. The number of carbonyl (C=O) groups excluding carboxylic acids is 1. The molecule has 0 unspecified atom stereocenters. The number of nitrogens with zero attached hydrogens (tertiary/aromatic N) is 1. The number of aliphatic hydroxyl groups is 1. The Hall–Kier alpha value is -1.79. The molecule has 1 fully saturated rings. The van der Waals surface area contributed by atoms with Crippen molar-refractivity contribution in [1.82, 2.24) is 4.90 Å². The van der Waals surface area contributed by atoms with E-state index in [-0.39, 0.29) is 42.6 Å². The van der Waals surface area contributed by atoms with Crippen LogP contribution in [0.2, 0.25) is 5.02 Å². The molecule has 108 valence electrons. The van der Waals surface area contributed by atoms with E-state index in [1.165, 1.54) is 23.1 Å². The summed E-state index contributed by atoms with van der Waals surface area (Å²) in [7, 11) is 0. The van der Waals surface area contributed by atoms with Gasteiger partial charge in [-0.3, -0.25) is 4.79 Å². The number of hydrogen-bond acceptors (Lipinski definition) is 4. The number of aromatic hydroxyl groups is 1. The highest BCUT2D eigenvalue weighted by Crippen LogP contribution is 2.27. The fourth-order valence-electron chi connectivity index (χ4n) is 2.12. The zero-order valence-corrected chi connectivity index (χ0v) is 11.3. The van der Waals surface area contributed by atoms with E-state index < -0.39 is 11.6 Å². The molecule has 2 rings (SSSR count). The average molecular weight is 300 g/mol. The number of halogens is 1. The lowest BCUT2D eigenvalue weighted by molar-refractivity contribution is -0.162. The first kappa shape index (κ1) is 14.6. The molecule has 20 heavy (non-hydrogen) atoms. The molecule has 1 saturated heterocycles. The number of phenolic OH excluding ortho intramolecular Hbond substituents is 1. The first-order valence-electron chi connectivity index (χ1n) is 6.07. The quantitative estimate of drug-likeness (QED) is 0.759. The standard InChI is InChI=1S/C13H14ClNO5/c14-9-7-8(1-2-10(9)16)11(17)15-5-3-13(20,4-6-15)12(18)19/h1-2,7,16,20H,3-6H2,(H,18,19). The van der Waals surface area contributed by atoms with Crippen LogP contribution in [0, 0.1) is 0 Å². The number of aliphatic carboxylic acids is 1. The second kappa shape index (κ2) is 5.30. The molecule has 1 aliphatic rings. The smallest absolute Gasteiger partial charge is 0.335 e. The van der Waals surface area contributed by atoms with Crippen LogP contribution in [0.1, 0.15) is 23.2 Å². The second-order valence-corrected chi connectivity index (χ2v) is 5.20. The molecule has 3 N–H and O–H groups in total. The number of benzene rings is 1. The van der Waals surface area contributed by atoms with Gasteiger partial charge in [-0.1, -0.05) is 11.6 Å². The van der Waals surface area contributed by atoms with Crippen molar-refractivity contribution in [2.45, 2.75) is 18.4 Å². The molecule has 0 aliphatic carbocycles. The zero-order valence-electron chi connectivity index (χ0n) is 10.5. The highest BCUT2D eigenvalue weighted by molar-refractivity contribution is 6.32. The van der Waals surface area contributed by atoms with Crippen molar-refractivity contribution in [2.24, 2.45) is 0 Å². The third-order valence-corrected chi connectivity index (χ3v) is 3.77. The van der Waals surface area contributed by atoms with Crippen LogP contribution in [0.25, 0.3) is 0 Å². The van der Waals surface area contributed by atoms with Gasteiger partial charge in [-0.25, -0.2) is 4.79 Å². The molecule has 0 atom stereocenters. The van der Waals surface area contributed by atoms with E-state index in [9.17, 15) is 19.8 Å². The van der Waals surface area contributed by atoms with E-state index >= 15 is 0 Å². The van der Waals surface area contributed by atoms with Crippen molar-refractivity contribution in [3.05, 3.63) is 28.8 Å². The molecular weight excluding hydrogens is 286 g/mol. The van der Waals surface area contributed by atoms with E-state index in [4.69, 9.17) is 16.7 Å². The van der Waals surface area contributed by atoms with Crippen LogP contribution < -0.4 is 0 Å². The van der Waals surface area contributed by atoms with Gasteiger partial charge in [0.15, 0.2) is 5.60 Å². The average Bonchev–Trinajstić information content (AvgIpc) is 2.42. The number of amides is 1. The number of likely N-dealkylation sites (tertiary alicyclic amines) is 1. The van der Waals surface area contributed by atoms with Crippen molar-refractivity contribution in [3.8, 4) is 5.75 Å². The first-order valence-corrected chi connectivity index (χ1v) is 6.45. The molecule has 0 aromatic heterocycles. The lowest BCUT2D eigenvalue weighted by Crippen LogP contribution is -2.50. The fraction of sp³-hybridized carbons (Fsp3) is 0.385. The number of hydrogen-bond donors (Lipinski definition) is 3. The van der Waals surface area contributed by atoms with Gasteiger partial charge in [0.1, 0.15) is 5.75 Å². The minimum Gasteiger partial charge on any atom is -0.506 e. The molecule has 0 saturated carbocycles.